The molecule has 2 aromatic rings. The third kappa shape index (κ3) is 3.41. The van der Waals surface area contributed by atoms with Crippen molar-refractivity contribution < 1.29 is 33.2 Å². The maximum Gasteiger partial charge on any atom is 0.203 e. The molecule has 0 unspecified atom stereocenters. The number of hydrogen-bond acceptors (Lipinski definition) is 7. The fraction of sp³-hybridized carbons (Fsp3) is 0.500. The summed E-state index contributed by atoms with van der Waals surface area (Å²) in [6.07, 6.45) is 0.900. The van der Waals surface area contributed by atoms with Crippen molar-refractivity contribution in [1.29, 1.82) is 0 Å². The second kappa shape index (κ2) is 8.75. The van der Waals surface area contributed by atoms with Crippen LogP contribution in [0.4, 0.5) is 0 Å². The molecule has 2 aliphatic rings. The van der Waals surface area contributed by atoms with Gasteiger partial charge in [-0.2, -0.15) is 0 Å². The van der Waals surface area contributed by atoms with Gasteiger partial charge in [-0.25, -0.2) is 0 Å². The SMILES string of the molecule is COc1cc([C@@H]2c3c(cc(OC)c(OC)c3OC)C[C@@H]3COC[C@@H]32)cc(OC)c1OC. The number of hydrogen-bond donors (Lipinski definition) is 0. The van der Waals surface area contributed by atoms with Crippen LogP contribution in [-0.2, 0) is 11.2 Å². The lowest BCUT2D eigenvalue weighted by atomic mass is 9.67. The summed E-state index contributed by atoms with van der Waals surface area (Å²) in [6.45, 7) is 1.42. The van der Waals surface area contributed by atoms with E-state index in [0.717, 1.165) is 24.2 Å². The smallest absolute Gasteiger partial charge is 0.203 e. The topological polar surface area (TPSA) is 64.6 Å². The highest BCUT2D eigenvalue weighted by molar-refractivity contribution is 5.64. The van der Waals surface area contributed by atoms with E-state index in [2.05, 4.69) is 6.07 Å². The molecule has 0 amide bonds. The fourth-order valence-corrected chi connectivity index (χ4v) is 5.12. The normalized spacial score (nSPS) is 21.7. The van der Waals surface area contributed by atoms with Crippen LogP contribution in [0, 0.1) is 11.8 Å². The van der Waals surface area contributed by atoms with Crippen molar-refractivity contribution in [3.8, 4) is 34.5 Å². The number of benzene rings is 2. The molecule has 1 heterocycles. The van der Waals surface area contributed by atoms with Crippen LogP contribution in [0.1, 0.15) is 22.6 Å². The first-order valence-corrected chi connectivity index (χ1v) is 10.3. The number of methoxy groups -OCH3 is 6. The molecule has 7 heteroatoms. The van der Waals surface area contributed by atoms with Gasteiger partial charge in [-0.1, -0.05) is 0 Å². The molecule has 0 bridgehead atoms. The van der Waals surface area contributed by atoms with E-state index in [1.807, 2.05) is 12.1 Å². The summed E-state index contributed by atoms with van der Waals surface area (Å²) in [6, 6.07) is 6.11. The lowest BCUT2D eigenvalue weighted by Crippen LogP contribution is -2.30. The second-order valence-electron chi connectivity index (χ2n) is 7.82. The maximum absolute atomic E-state index is 5.93. The quantitative estimate of drug-likeness (QED) is 0.664. The van der Waals surface area contributed by atoms with E-state index in [9.17, 15) is 0 Å². The fourth-order valence-electron chi connectivity index (χ4n) is 5.12. The monoisotopic (exact) mass is 430 g/mol. The molecule has 1 saturated heterocycles. The zero-order chi connectivity index (χ0) is 22.1. The molecule has 1 fully saturated rings. The first-order valence-electron chi connectivity index (χ1n) is 10.3. The van der Waals surface area contributed by atoms with Gasteiger partial charge < -0.3 is 33.2 Å². The van der Waals surface area contributed by atoms with E-state index in [1.54, 1.807) is 42.7 Å². The van der Waals surface area contributed by atoms with Crippen LogP contribution in [0.25, 0.3) is 0 Å². The molecule has 0 aromatic heterocycles. The van der Waals surface area contributed by atoms with Crippen molar-refractivity contribution in [3.05, 3.63) is 34.9 Å². The summed E-state index contributed by atoms with van der Waals surface area (Å²) < 4.78 is 39.9. The Labute approximate surface area is 183 Å². The van der Waals surface area contributed by atoms with Gasteiger partial charge in [0.2, 0.25) is 11.5 Å². The van der Waals surface area contributed by atoms with Crippen LogP contribution < -0.4 is 28.4 Å². The van der Waals surface area contributed by atoms with Gasteiger partial charge in [0.25, 0.3) is 0 Å². The van der Waals surface area contributed by atoms with Crippen molar-refractivity contribution in [3.63, 3.8) is 0 Å². The summed E-state index contributed by atoms with van der Waals surface area (Å²) in [7, 11) is 9.81. The summed E-state index contributed by atoms with van der Waals surface area (Å²) in [4.78, 5) is 0. The Kier molecular flexibility index (Phi) is 6.05. The third-order valence-corrected chi connectivity index (χ3v) is 6.47. The summed E-state index contributed by atoms with van der Waals surface area (Å²) >= 11 is 0. The molecule has 4 rings (SSSR count). The molecule has 0 radical (unpaired) electrons. The van der Waals surface area contributed by atoms with Crippen molar-refractivity contribution in [1.82, 2.24) is 0 Å². The number of ether oxygens (including phenoxy) is 7. The minimum Gasteiger partial charge on any atom is -0.493 e. The van der Waals surface area contributed by atoms with Gasteiger partial charge in [0, 0.05) is 11.5 Å². The highest BCUT2D eigenvalue weighted by Gasteiger charge is 2.44. The zero-order valence-electron chi connectivity index (χ0n) is 18.9. The molecule has 31 heavy (non-hydrogen) atoms. The standard InChI is InChI=1S/C24H30O7/c1-25-17-9-14(10-18(26-2)22(17)28-4)20-16-12-31-11-15(16)7-13-8-19(27-3)23(29-5)24(30-6)21(13)20/h8-10,15-16,20H,7,11-12H2,1-6H3/t15-,16+,20+/m1/s1. The van der Waals surface area contributed by atoms with Crippen LogP contribution in [0.2, 0.25) is 0 Å². The molecule has 3 atom stereocenters. The Balaban J connectivity index is 1.99. The van der Waals surface area contributed by atoms with Gasteiger partial charge in [0.05, 0.1) is 55.9 Å². The Morgan fingerprint density at radius 3 is 1.81 bits per heavy atom. The minimum absolute atomic E-state index is 0.0136. The van der Waals surface area contributed by atoms with Crippen molar-refractivity contribution in [2.24, 2.45) is 11.8 Å². The Morgan fingerprint density at radius 2 is 1.26 bits per heavy atom. The zero-order valence-corrected chi connectivity index (χ0v) is 18.9. The molecule has 0 N–H and O–H groups in total. The van der Waals surface area contributed by atoms with E-state index >= 15 is 0 Å². The molecule has 7 nitrogen and oxygen atoms in total. The third-order valence-electron chi connectivity index (χ3n) is 6.47. The maximum atomic E-state index is 5.93. The molecule has 0 spiro atoms. The number of fused-ring (bicyclic) bond motifs is 2. The van der Waals surface area contributed by atoms with Crippen molar-refractivity contribution >= 4 is 0 Å². The van der Waals surface area contributed by atoms with Gasteiger partial charge in [-0.05, 0) is 47.6 Å². The van der Waals surface area contributed by atoms with Crippen LogP contribution >= 0.6 is 0 Å². The average Bonchev–Trinajstić information content (AvgIpc) is 3.28. The summed E-state index contributed by atoms with van der Waals surface area (Å²) in [5, 5.41) is 0. The molecular weight excluding hydrogens is 400 g/mol. The van der Waals surface area contributed by atoms with Gasteiger partial charge in [-0.3, -0.25) is 0 Å². The largest absolute Gasteiger partial charge is 0.493 e. The van der Waals surface area contributed by atoms with E-state index < -0.39 is 0 Å². The van der Waals surface area contributed by atoms with Gasteiger partial charge in [0.15, 0.2) is 23.0 Å². The average molecular weight is 430 g/mol. The molecule has 168 valence electrons. The Bertz CT molecular complexity index is 930. The van der Waals surface area contributed by atoms with Gasteiger partial charge >= 0.3 is 0 Å². The number of rotatable bonds is 7. The molecule has 0 saturated carbocycles. The Hall–Kier alpha value is -2.80. The van der Waals surface area contributed by atoms with Crippen molar-refractivity contribution in [2.75, 3.05) is 55.9 Å². The van der Waals surface area contributed by atoms with E-state index in [4.69, 9.17) is 33.2 Å². The molecular formula is C24H30O7. The predicted octanol–water partition coefficient (Wildman–Crippen LogP) is 3.69. The second-order valence-corrected chi connectivity index (χ2v) is 7.82. The predicted molar refractivity (Wildman–Crippen MR) is 116 cm³/mol. The minimum atomic E-state index is 0.0136. The lowest BCUT2D eigenvalue weighted by molar-refractivity contribution is 0.179. The van der Waals surface area contributed by atoms with Gasteiger partial charge in [0.1, 0.15) is 0 Å². The van der Waals surface area contributed by atoms with Gasteiger partial charge in [-0.15, -0.1) is 0 Å². The Morgan fingerprint density at radius 1 is 0.677 bits per heavy atom. The highest BCUT2D eigenvalue weighted by atomic mass is 16.5. The van der Waals surface area contributed by atoms with E-state index in [0.29, 0.717) is 52.9 Å². The van der Waals surface area contributed by atoms with Crippen LogP contribution in [0.5, 0.6) is 34.5 Å². The highest BCUT2D eigenvalue weighted by Crippen LogP contribution is 2.55. The molecule has 2 aromatic carbocycles. The molecule has 1 aliphatic carbocycles. The van der Waals surface area contributed by atoms with Crippen LogP contribution in [-0.4, -0.2) is 55.9 Å². The summed E-state index contributed by atoms with van der Waals surface area (Å²) in [5.74, 6) is 4.49. The van der Waals surface area contributed by atoms with Crippen LogP contribution in [0.3, 0.4) is 0 Å². The first kappa shape index (κ1) is 21.4. The van der Waals surface area contributed by atoms with E-state index in [-0.39, 0.29) is 5.92 Å². The first-order chi connectivity index (χ1) is 15.1. The summed E-state index contributed by atoms with van der Waals surface area (Å²) in [5.41, 5.74) is 3.34. The van der Waals surface area contributed by atoms with Crippen LogP contribution in [0.15, 0.2) is 18.2 Å². The lowest BCUT2D eigenvalue weighted by Gasteiger charge is -2.37. The van der Waals surface area contributed by atoms with Crippen molar-refractivity contribution in [2.45, 2.75) is 12.3 Å². The van der Waals surface area contributed by atoms with E-state index in [1.165, 1.54) is 5.56 Å². The molecule has 1 aliphatic heterocycles.